The molecule has 0 aromatic rings. The maximum Gasteiger partial charge on any atom is 0.0865 e. The fourth-order valence-corrected chi connectivity index (χ4v) is 1.49. The highest BCUT2D eigenvalue weighted by atomic mass is 35.5. The van der Waals surface area contributed by atoms with E-state index >= 15 is 0 Å². The summed E-state index contributed by atoms with van der Waals surface area (Å²) in [7, 11) is 0. The van der Waals surface area contributed by atoms with E-state index in [0.717, 1.165) is 26.2 Å². The smallest absolute Gasteiger partial charge is 0.0865 e. The summed E-state index contributed by atoms with van der Waals surface area (Å²) in [5.41, 5.74) is 0. The summed E-state index contributed by atoms with van der Waals surface area (Å²) in [6.07, 6.45) is 0.443. The molecule has 2 aliphatic heterocycles. The molecule has 0 bridgehead atoms. The van der Waals surface area contributed by atoms with Gasteiger partial charge in [0.05, 0.1) is 12.7 Å². The third-order valence-corrected chi connectivity index (χ3v) is 2.00. The lowest BCUT2D eigenvalue weighted by Crippen LogP contribution is -2.47. The van der Waals surface area contributed by atoms with Crippen molar-refractivity contribution in [3.05, 3.63) is 0 Å². The van der Waals surface area contributed by atoms with Gasteiger partial charge in [-0.2, -0.15) is 0 Å². The molecule has 2 aliphatic rings. The number of fused-ring (bicyclic) bond motifs is 1. The molecule has 4 heteroatoms. The average molecular weight is 165 g/mol. The summed E-state index contributed by atoms with van der Waals surface area (Å²) < 4.78 is 5.48. The molecule has 0 saturated carbocycles. The predicted molar refractivity (Wildman–Crippen MR) is 41.6 cm³/mol. The molecule has 2 atom stereocenters. The first kappa shape index (κ1) is 8.27. The molecule has 10 heavy (non-hydrogen) atoms. The molecule has 2 heterocycles. The molecule has 60 valence electrons. The van der Waals surface area contributed by atoms with E-state index in [2.05, 4.69) is 10.6 Å². The van der Waals surface area contributed by atoms with Crippen LogP contribution in [0.3, 0.4) is 0 Å². The van der Waals surface area contributed by atoms with E-state index in [1.807, 2.05) is 0 Å². The van der Waals surface area contributed by atoms with Gasteiger partial charge in [-0.25, -0.2) is 0 Å². The van der Waals surface area contributed by atoms with Crippen LogP contribution in [0.2, 0.25) is 0 Å². The van der Waals surface area contributed by atoms with Gasteiger partial charge in [0.1, 0.15) is 0 Å². The Kier molecular flexibility index (Phi) is 2.92. The van der Waals surface area contributed by atoms with Crippen molar-refractivity contribution in [1.29, 1.82) is 0 Å². The monoisotopic (exact) mass is 164 g/mol. The molecule has 0 aromatic carbocycles. The fourth-order valence-electron chi connectivity index (χ4n) is 1.49. The van der Waals surface area contributed by atoms with Gasteiger partial charge in [-0.3, -0.25) is 0 Å². The Bertz CT molecular complexity index is 99.9. The van der Waals surface area contributed by atoms with Crippen LogP contribution in [0.25, 0.3) is 0 Å². The van der Waals surface area contributed by atoms with E-state index in [4.69, 9.17) is 4.74 Å². The zero-order valence-corrected chi connectivity index (χ0v) is 6.62. The highest BCUT2D eigenvalue weighted by molar-refractivity contribution is 5.85. The molecule has 2 fully saturated rings. The molecule has 2 rings (SSSR count). The Morgan fingerprint density at radius 1 is 1.30 bits per heavy atom. The van der Waals surface area contributed by atoms with E-state index < -0.39 is 0 Å². The summed E-state index contributed by atoms with van der Waals surface area (Å²) in [6.45, 7) is 3.99. The van der Waals surface area contributed by atoms with Crippen molar-refractivity contribution < 1.29 is 4.74 Å². The van der Waals surface area contributed by atoms with Crippen molar-refractivity contribution in [3.63, 3.8) is 0 Å². The van der Waals surface area contributed by atoms with E-state index in [0.29, 0.717) is 12.1 Å². The maximum atomic E-state index is 5.48. The summed E-state index contributed by atoms with van der Waals surface area (Å²) in [5, 5.41) is 6.67. The Morgan fingerprint density at radius 2 is 2.20 bits per heavy atom. The lowest BCUT2D eigenvalue weighted by molar-refractivity contribution is 0.0207. The summed E-state index contributed by atoms with van der Waals surface area (Å²) in [6, 6.07) is 0.582. The predicted octanol–water partition coefficient (Wildman–Crippen LogP) is -0.632. The van der Waals surface area contributed by atoms with Gasteiger partial charge in [0.2, 0.25) is 0 Å². The van der Waals surface area contributed by atoms with Crippen molar-refractivity contribution in [2.75, 3.05) is 26.2 Å². The average Bonchev–Trinajstić information content (AvgIpc) is 2.33. The van der Waals surface area contributed by atoms with Gasteiger partial charge in [-0.1, -0.05) is 0 Å². The van der Waals surface area contributed by atoms with Gasteiger partial charge in [-0.15, -0.1) is 12.4 Å². The van der Waals surface area contributed by atoms with Gasteiger partial charge in [0.15, 0.2) is 0 Å². The summed E-state index contributed by atoms with van der Waals surface area (Å²) in [5.74, 6) is 0. The minimum absolute atomic E-state index is 0. The van der Waals surface area contributed by atoms with Crippen LogP contribution in [-0.2, 0) is 4.74 Å². The van der Waals surface area contributed by atoms with Gasteiger partial charge in [0.25, 0.3) is 0 Å². The van der Waals surface area contributed by atoms with Crippen LogP contribution in [0.1, 0.15) is 0 Å². The first-order chi connectivity index (χ1) is 4.47. The van der Waals surface area contributed by atoms with E-state index in [-0.39, 0.29) is 12.4 Å². The van der Waals surface area contributed by atoms with E-state index in [1.54, 1.807) is 0 Å². The van der Waals surface area contributed by atoms with Gasteiger partial charge in [0, 0.05) is 25.7 Å². The van der Waals surface area contributed by atoms with Crippen LogP contribution in [0, 0.1) is 0 Å². The maximum absolute atomic E-state index is 5.48. The Balaban J connectivity index is 0.000000500. The quantitative estimate of drug-likeness (QED) is 0.500. The van der Waals surface area contributed by atoms with Crippen molar-refractivity contribution >= 4 is 12.4 Å². The van der Waals surface area contributed by atoms with E-state index in [9.17, 15) is 0 Å². The molecule has 0 spiro atoms. The first-order valence-electron chi connectivity index (χ1n) is 3.52. The molecular formula is C6H13ClN2O. The van der Waals surface area contributed by atoms with Crippen LogP contribution in [0.15, 0.2) is 0 Å². The van der Waals surface area contributed by atoms with Crippen LogP contribution in [-0.4, -0.2) is 38.4 Å². The second-order valence-electron chi connectivity index (χ2n) is 2.63. The molecule has 2 N–H and O–H groups in total. The minimum atomic E-state index is 0. The second-order valence-corrected chi connectivity index (χ2v) is 2.63. The van der Waals surface area contributed by atoms with E-state index in [1.165, 1.54) is 0 Å². The van der Waals surface area contributed by atoms with Crippen LogP contribution in [0.5, 0.6) is 0 Å². The van der Waals surface area contributed by atoms with Crippen molar-refractivity contribution in [3.8, 4) is 0 Å². The Morgan fingerprint density at radius 3 is 3.00 bits per heavy atom. The minimum Gasteiger partial charge on any atom is -0.374 e. The largest absolute Gasteiger partial charge is 0.374 e. The molecule has 0 radical (unpaired) electrons. The van der Waals surface area contributed by atoms with Crippen LogP contribution >= 0.6 is 12.4 Å². The van der Waals surface area contributed by atoms with Crippen molar-refractivity contribution in [1.82, 2.24) is 10.6 Å². The summed E-state index contributed by atoms with van der Waals surface area (Å²) >= 11 is 0. The number of ether oxygens (including phenoxy) is 1. The highest BCUT2D eigenvalue weighted by Gasteiger charge is 2.29. The first-order valence-corrected chi connectivity index (χ1v) is 3.52. The number of halogens is 1. The summed E-state index contributed by atoms with van der Waals surface area (Å²) in [4.78, 5) is 0. The zero-order chi connectivity index (χ0) is 6.10. The van der Waals surface area contributed by atoms with Gasteiger partial charge >= 0.3 is 0 Å². The Labute approximate surface area is 66.9 Å². The van der Waals surface area contributed by atoms with Crippen LogP contribution < -0.4 is 10.6 Å². The number of morpholine rings is 1. The molecule has 0 aromatic heterocycles. The van der Waals surface area contributed by atoms with Crippen LogP contribution in [0.4, 0.5) is 0 Å². The lowest BCUT2D eigenvalue weighted by atomic mass is 10.2. The Hall–Kier alpha value is 0.170. The normalized spacial score (nSPS) is 38.4. The second kappa shape index (κ2) is 3.53. The van der Waals surface area contributed by atoms with Gasteiger partial charge < -0.3 is 15.4 Å². The molecule has 0 aliphatic carbocycles. The van der Waals surface area contributed by atoms with Crippen molar-refractivity contribution in [2.24, 2.45) is 0 Å². The van der Waals surface area contributed by atoms with Crippen molar-refractivity contribution in [2.45, 2.75) is 12.1 Å². The molecule has 3 nitrogen and oxygen atoms in total. The topological polar surface area (TPSA) is 33.3 Å². The molecule has 2 unspecified atom stereocenters. The molecule has 2 saturated heterocycles. The standard InChI is InChI=1S/C6H12N2O.ClH/c1-2-9-6-4-7-3-5(6)8-1;/h5-8H,1-4H2;1H. The molecular weight excluding hydrogens is 152 g/mol. The third kappa shape index (κ3) is 1.42. The van der Waals surface area contributed by atoms with Gasteiger partial charge in [-0.05, 0) is 0 Å². The number of rotatable bonds is 0. The fraction of sp³-hybridized carbons (Fsp3) is 1.00. The highest BCUT2D eigenvalue weighted by Crippen LogP contribution is 2.07. The molecule has 0 amide bonds. The zero-order valence-electron chi connectivity index (χ0n) is 5.80. The number of hydrogen-bond acceptors (Lipinski definition) is 3. The third-order valence-electron chi connectivity index (χ3n) is 2.00. The number of nitrogens with one attached hydrogen (secondary N) is 2. The number of hydrogen-bond donors (Lipinski definition) is 2. The SMILES string of the molecule is C1COC2CNCC2N1.Cl. The lowest BCUT2D eigenvalue weighted by Gasteiger charge is -2.25.